The van der Waals surface area contributed by atoms with Crippen LogP contribution in [0.3, 0.4) is 0 Å². The van der Waals surface area contributed by atoms with Gasteiger partial charge >= 0.3 is 0 Å². The second-order valence-corrected chi connectivity index (χ2v) is 3.73. The van der Waals surface area contributed by atoms with Gasteiger partial charge in [-0.1, -0.05) is 18.6 Å². The summed E-state index contributed by atoms with van der Waals surface area (Å²) >= 11 is 0. The van der Waals surface area contributed by atoms with E-state index in [1.54, 1.807) is 5.57 Å². The van der Waals surface area contributed by atoms with Crippen molar-refractivity contribution >= 4 is 0 Å². The van der Waals surface area contributed by atoms with E-state index in [1.807, 2.05) is 0 Å². The van der Waals surface area contributed by atoms with Crippen LogP contribution in [0, 0.1) is 0 Å². The van der Waals surface area contributed by atoms with Crippen LogP contribution in [0.25, 0.3) is 0 Å². The Kier molecular flexibility index (Phi) is 5.09. The molecule has 0 saturated carbocycles. The minimum absolute atomic E-state index is 0.793. The van der Waals surface area contributed by atoms with Crippen molar-refractivity contribution in [3.05, 3.63) is 11.6 Å². The normalized spacial score (nSPS) is 23.4. The van der Waals surface area contributed by atoms with Crippen molar-refractivity contribution < 1.29 is 0 Å². The van der Waals surface area contributed by atoms with E-state index in [0.717, 1.165) is 13.0 Å². The molecule has 0 aromatic heterocycles. The first-order valence-electron chi connectivity index (χ1n) is 5.47. The Morgan fingerprint density at radius 1 is 1.38 bits per heavy atom. The lowest BCUT2D eigenvalue weighted by atomic mass is 10.1. The van der Waals surface area contributed by atoms with Crippen molar-refractivity contribution in [1.29, 1.82) is 0 Å². The van der Waals surface area contributed by atoms with Gasteiger partial charge in [0.25, 0.3) is 0 Å². The summed E-state index contributed by atoms with van der Waals surface area (Å²) in [6, 6.07) is 0. The van der Waals surface area contributed by atoms with E-state index in [4.69, 9.17) is 5.73 Å². The Labute approximate surface area is 81.8 Å². The van der Waals surface area contributed by atoms with Crippen LogP contribution in [0.4, 0.5) is 0 Å². The molecule has 2 N–H and O–H groups in total. The predicted octanol–water partition coefficient (Wildman–Crippen LogP) is 1.77. The van der Waals surface area contributed by atoms with Crippen LogP contribution in [0.2, 0.25) is 0 Å². The first-order chi connectivity index (χ1) is 6.36. The molecule has 76 valence electrons. The fraction of sp³-hybridized carbons (Fsp3) is 0.818. The van der Waals surface area contributed by atoms with Gasteiger partial charge in [0.15, 0.2) is 0 Å². The van der Waals surface area contributed by atoms with E-state index in [1.165, 1.54) is 38.9 Å². The summed E-state index contributed by atoms with van der Waals surface area (Å²) in [6.45, 7) is 6.75. The number of nitrogens with two attached hydrogens (primary N) is 1. The summed E-state index contributed by atoms with van der Waals surface area (Å²) in [6.07, 6.45) is 7.27. The van der Waals surface area contributed by atoms with Crippen LogP contribution < -0.4 is 5.73 Å². The maximum absolute atomic E-state index is 5.48. The van der Waals surface area contributed by atoms with Gasteiger partial charge in [0, 0.05) is 6.54 Å². The van der Waals surface area contributed by atoms with Gasteiger partial charge in [0.05, 0.1) is 0 Å². The van der Waals surface area contributed by atoms with Crippen molar-refractivity contribution in [1.82, 2.24) is 4.90 Å². The third kappa shape index (κ3) is 3.92. The first kappa shape index (κ1) is 10.7. The number of hydrogen-bond donors (Lipinski definition) is 1. The quantitative estimate of drug-likeness (QED) is 0.674. The van der Waals surface area contributed by atoms with E-state index < -0.39 is 0 Å². The summed E-state index contributed by atoms with van der Waals surface area (Å²) in [7, 11) is 0. The third-order valence-corrected chi connectivity index (χ3v) is 2.77. The molecule has 1 aliphatic rings. The van der Waals surface area contributed by atoms with E-state index >= 15 is 0 Å². The lowest BCUT2D eigenvalue weighted by molar-refractivity contribution is 0.302. The Morgan fingerprint density at radius 2 is 2.23 bits per heavy atom. The SMILES string of the molecule is CCN1CCC/C(=C\CCN)CC1. The average Bonchev–Trinajstić information content (AvgIpc) is 2.39. The number of nitrogens with zero attached hydrogens (tertiary/aromatic N) is 1. The molecule has 1 aliphatic heterocycles. The van der Waals surface area contributed by atoms with Crippen molar-refractivity contribution in [2.75, 3.05) is 26.2 Å². The number of likely N-dealkylation sites (tertiary alicyclic amines) is 1. The van der Waals surface area contributed by atoms with Crippen molar-refractivity contribution in [3.63, 3.8) is 0 Å². The van der Waals surface area contributed by atoms with Gasteiger partial charge in [0.2, 0.25) is 0 Å². The molecule has 1 fully saturated rings. The molecular weight excluding hydrogens is 160 g/mol. The fourth-order valence-corrected chi connectivity index (χ4v) is 1.88. The molecule has 0 aromatic rings. The summed E-state index contributed by atoms with van der Waals surface area (Å²) < 4.78 is 0. The first-order valence-corrected chi connectivity index (χ1v) is 5.47. The second kappa shape index (κ2) is 6.17. The van der Waals surface area contributed by atoms with Crippen molar-refractivity contribution in [2.45, 2.75) is 32.6 Å². The maximum atomic E-state index is 5.48. The molecule has 0 bridgehead atoms. The molecule has 13 heavy (non-hydrogen) atoms. The van der Waals surface area contributed by atoms with E-state index in [2.05, 4.69) is 17.9 Å². The lowest BCUT2D eigenvalue weighted by Crippen LogP contribution is -2.23. The summed E-state index contributed by atoms with van der Waals surface area (Å²) in [5.41, 5.74) is 7.11. The third-order valence-electron chi connectivity index (χ3n) is 2.77. The zero-order chi connectivity index (χ0) is 9.52. The minimum Gasteiger partial charge on any atom is -0.330 e. The Balaban J connectivity index is 2.35. The lowest BCUT2D eigenvalue weighted by Gasteiger charge is -2.15. The van der Waals surface area contributed by atoms with E-state index in [9.17, 15) is 0 Å². The summed E-state index contributed by atoms with van der Waals surface area (Å²) in [5.74, 6) is 0. The van der Waals surface area contributed by atoms with Crippen LogP contribution in [0.5, 0.6) is 0 Å². The Bertz CT molecular complexity index is 163. The Morgan fingerprint density at radius 3 is 2.92 bits per heavy atom. The highest BCUT2D eigenvalue weighted by molar-refractivity contribution is 5.04. The number of rotatable bonds is 3. The molecule has 2 nitrogen and oxygen atoms in total. The molecule has 1 heterocycles. The largest absolute Gasteiger partial charge is 0.330 e. The highest BCUT2D eigenvalue weighted by Gasteiger charge is 2.09. The second-order valence-electron chi connectivity index (χ2n) is 3.73. The van der Waals surface area contributed by atoms with Gasteiger partial charge < -0.3 is 10.6 Å². The number of hydrogen-bond acceptors (Lipinski definition) is 2. The van der Waals surface area contributed by atoms with Crippen molar-refractivity contribution in [2.24, 2.45) is 5.73 Å². The fourth-order valence-electron chi connectivity index (χ4n) is 1.88. The van der Waals surface area contributed by atoms with Crippen LogP contribution in [0.15, 0.2) is 11.6 Å². The van der Waals surface area contributed by atoms with Crippen LogP contribution in [-0.2, 0) is 0 Å². The molecule has 0 aliphatic carbocycles. The molecule has 1 saturated heterocycles. The maximum Gasteiger partial charge on any atom is 0.00185 e. The monoisotopic (exact) mass is 182 g/mol. The Hall–Kier alpha value is -0.340. The molecular formula is C11H22N2. The topological polar surface area (TPSA) is 29.3 Å². The molecule has 0 radical (unpaired) electrons. The average molecular weight is 182 g/mol. The standard InChI is InChI=1S/C11H22N2/c1-2-13-9-4-6-11(7-10-13)5-3-8-12/h5H,2-4,6-10,12H2,1H3/b11-5+. The van der Waals surface area contributed by atoms with E-state index in [-0.39, 0.29) is 0 Å². The summed E-state index contributed by atoms with van der Waals surface area (Å²) in [5, 5.41) is 0. The van der Waals surface area contributed by atoms with Crippen LogP contribution in [0.1, 0.15) is 32.6 Å². The molecule has 0 atom stereocenters. The van der Waals surface area contributed by atoms with Crippen LogP contribution >= 0.6 is 0 Å². The van der Waals surface area contributed by atoms with Gasteiger partial charge in [-0.15, -0.1) is 0 Å². The predicted molar refractivity (Wildman–Crippen MR) is 57.7 cm³/mol. The molecule has 1 rings (SSSR count). The van der Waals surface area contributed by atoms with Crippen LogP contribution in [-0.4, -0.2) is 31.1 Å². The highest BCUT2D eigenvalue weighted by Crippen LogP contribution is 2.16. The van der Waals surface area contributed by atoms with Gasteiger partial charge in [-0.3, -0.25) is 0 Å². The zero-order valence-electron chi connectivity index (χ0n) is 8.76. The van der Waals surface area contributed by atoms with Crippen molar-refractivity contribution in [3.8, 4) is 0 Å². The van der Waals surface area contributed by atoms with Gasteiger partial charge in [-0.05, 0) is 45.3 Å². The van der Waals surface area contributed by atoms with Gasteiger partial charge in [-0.25, -0.2) is 0 Å². The molecule has 0 aromatic carbocycles. The molecule has 0 spiro atoms. The molecule has 0 unspecified atom stereocenters. The summed E-state index contributed by atoms with van der Waals surface area (Å²) in [4.78, 5) is 2.53. The zero-order valence-corrected chi connectivity index (χ0v) is 8.76. The van der Waals surface area contributed by atoms with Gasteiger partial charge in [0.1, 0.15) is 0 Å². The smallest absolute Gasteiger partial charge is 0.00185 e. The van der Waals surface area contributed by atoms with E-state index in [0.29, 0.717) is 0 Å². The highest BCUT2D eigenvalue weighted by atomic mass is 15.1. The van der Waals surface area contributed by atoms with Gasteiger partial charge in [-0.2, -0.15) is 0 Å². The molecule has 0 amide bonds. The minimum atomic E-state index is 0.793. The molecule has 2 heteroatoms.